The van der Waals surface area contributed by atoms with Crippen LogP contribution in [0.3, 0.4) is 0 Å². The number of ether oxygens (including phenoxy) is 1. The van der Waals surface area contributed by atoms with Gasteiger partial charge >= 0.3 is 11.3 Å². The molecule has 0 aliphatic carbocycles. The van der Waals surface area contributed by atoms with E-state index >= 15 is 0 Å². The fourth-order valence-corrected chi connectivity index (χ4v) is 3.75. The first-order valence-electron chi connectivity index (χ1n) is 10.7. The van der Waals surface area contributed by atoms with Crippen molar-refractivity contribution in [1.29, 1.82) is 0 Å². The molecule has 0 spiro atoms. The number of hydrogen-bond donors (Lipinski definition) is 2. The Morgan fingerprint density at radius 2 is 2.00 bits per heavy atom. The van der Waals surface area contributed by atoms with E-state index in [0.29, 0.717) is 35.4 Å². The van der Waals surface area contributed by atoms with E-state index in [4.69, 9.17) is 14.9 Å². The number of nitrogen functional groups attached to an aromatic ring is 1. The summed E-state index contributed by atoms with van der Waals surface area (Å²) in [5.41, 5.74) is 5.59. The first-order chi connectivity index (χ1) is 15.7. The van der Waals surface area contributed by atoms with E-state index < -0.39 is 22.8 Å². The van der Waals surface area contributed by atoms with Gasteiger partial charge in [0.05, 0.1) is 7.11 Å². The van der Waals surface area contributed by atoms with Gasteiger partial charge in [-0.15, -0.1) is 0 Å². The summed E-state index contributed by atoms with van der Waals surface area (Å²) in [5, 5.41) is 0.745. The topological polar surface area (TPSA) is 141 Å². The molecule has 0 aliphatic rings. The second-order valence-electron chi connectivity index (χ2n) is 7.81. The lowest BCUT2D eigenvalue weighted by atomic mass is 10.0. The van der Waals surface area contributed by atoms with E-state index in [-0.39, 0.29) is 24.3 Å². The summed E-state index contributed by atoms with van der Waals surface area (Å²) in [6.07, 6.45) is 1.58. The lowest BCUT2D eigenvalue weighted by molar-refractivity contribution is -0.118. The van der Waals surface area contributed by atoms with Gasteiger partial charge in [0, 0.05) is 37.0 Å². The Hall–Kier alpha value is -3.82. The number of carbonyl (C=O) groups is 1. The molecule has 0 unspecified atom stereocenters. The van der Waals surface area contributed by atoms with Crippen LogP contribution in [0.25, 0.3) is 11.0 Å². The minimum atomic E-state index is -0.739. The standard InChI is InChI=1S/C23H28N4O6/c1-5-6-11-27-20(24)19(21(29)25-23(27)31)26(3)18(28)10-9-16-13(2)15-8-7-14(32-4)12-17(15)33-22(16)30/h7-8,12H,5-6,9-11,24H2,1-4H3,(H,25,29,31). The molecular weight excluding hydrogens is 428 g/mol. The van der Waals surface area contributed by atoms with Crippen LogP contribution in [0.15, 0.2) is 37.0 Å². The maximum atomic E-state index is 12.9. The van der Waals surface area contributed by atoms with E-state index in [2.05, 4.69) is 4.98 Å². The lowest BCUT2D eigenvalue weighted by Crippen LogP contribution is -2.39. The highest BCUT2D eigenvalue weighted by Gasteiger charge is 2.22. The van der Waals surface area contributed by atoms with Crippen molar-refractivity contribution in [1.82, 2.24) is 9.55 Å². The molecule has 0 bridgehead atoms. The zero-order valence-electron chi connectivity index (χ0n) is 19.2. The molecule has 3 N–H and O–H groups in total. The molecule has 0 saturated carbocycles. The van der Waals surface area contributed by atoms with Gasteiger partial charge in [-0.05, 0) is 37.5 Å². The number of hydrogen-bond acceptors (Lipinski definition) is 7. The molecule has 10 heteroatoms. The summed E-state index contributed by atoms with van der Waals surface area (Å²) in [4.78, 5) is 53.3. The van der Waals surface area contributed by atoms with Crippen molar-refractivity contribution in [2.45, 2.75) is 46.1 Å². The van der Waals surface area contributed by atoms with Crippen LogP contribution >= 0.6 is 0 Å². The molecule has 33 heavy (non-hydrogen) atoms. The number of H-pyrrole nitrogens is 1. The van der Waals surface area contributed by atoms with Crippen molar-refractivity contribution < 1.29 is 13.9 Å². The second-order valence-corrected chi connectivity index (χ2v) is 7.81. The van der Waals surface area contributed by atoms with Crippen molar-refractivity contribution in [3.8, 4) is 5.75 Å². The van der Waals surface area contributed by atoms with Crippen LogP contribution in [-0.4, -0.2) is 29.6 Å². The highest BCUT2D eigenvalue weighted by Crippen LogP contribution is 2.25. The number of amides is 1. The molecule has 0 saturated heterocycles. The molecule has 0 aliphatic heterocycles. The largest absolute Gasteiger partial charge is 0.497 e. The number of methoxy groups -OCH3 is 1. The van der Waals surface area contributed by atoms with Crippen molar-refractivity contribution in [3.05, 3.63) is 60.6 Å². The molecule has 0 atom stereocenters. The van der Waals surface area contributed by atoms with Gasteiger partial charge in [0.15, 0.2) is 5.69 Å². The highest BCUT2D eigenvalue weighted by atomic mass is 16.5. The maximum Gasteiger partial charge on any atom is 0.339 e. The predicted molar refractivity (Wildman–Crippen MR) is 126 cm³/mol. The number of nitrogens with one attached hydrogen (secondary N) is 1. The molecule has 10 nitrogen and oxygen atoms in total. The molecular formula is C23H28N4O6. The Labute approximate surface area is 189 Å². The normalized spacial score (nSPS) is 11.0. The number of nitrogens with zero attached hydrogens (tertiary/aromatic N) is 2. The summed E-state index contributed by atoms with van der Waals surface area (Å²) in [6, 6.07) is 5.19. The minimum Gasteiger partial charge on any atom is -0.497 e. The third-order valence-corrected chi connectivity index (χ3v) is 5.74. The van der Waals surface area contributed by atoms with Crippen LogP contribution in [0, 0.1) is 6.92 Å². The van der Waals surface area contributed by atoms with Crippen molar-refractivity contribution in [3.63, 3.8) is 0 Å². The van der Waals surface area contributed by atoms with E-state index in [1.165, 1.54) is 18.7 Å². The fraction of sp³-hybridized carbons (Fsp3) is 0.391. The summed E-state index contributed by atoms with van der Waals surface area (Å²) in [5.74, 6) is 0.0719. The Morgan fingerprint density at radius 3 is 2.67 bits per heavy atom. The van der Waals surface area contributed by atoms with Gasteiger partial charge in [-0.25, -0.2) is 9.59 Å². The molecule has 1 amide bonds. The molecule has 3 aromatic rings. The van der Waals surface area contributed by atoms with Gasteiger partial charge < -0.3 is 19.8 Å². The average molecular weight is 456 g/mol. The van der Waals surface area contributed by atoms with Gasteiger partial charge in [0.1, 0.15) is 17.2 Å². The molecule has 0 radical (unpaired) electrons. The van der Waals surface area contributed by atoms with E-state index in [9.17, 15) is 19.2 Å². The zero-order chi connectivity index (χ0) is 24.3. The molecule has 2 heterocycles. The van der Waals surface area contributed by atoms with Crippen molar-refractivity contribution in [2.24, 2.45) is 0 Å². The van der Waals surface area contributed by atoms with Crippen molar-refractivity contribution >= 4 is 28.4 Å². The molecule has 176 valence electrons. The zero-order valence-corrected chi connectivity index (χ0v) is 19.2. The summed E-state index contributed by atoms with van der Waals surface area (Å²) in [7, 11) is 2.94. The number of rotatable bonds is 8. The molecule has 2 aromatic heterocycles. The summed E-state index contributed by atoms with van der Waals surface area (Å²) >= 11 is 0. The van der Waals surface area contributed by atoms with Crippen LogP contribution in [0.5, 0.6) is 5.75 Å². The number of aromatic amines is 1. The van der Waals surface area contributed by atoms with Crippen LogP contribution in [0.1, 0.15) is 37.3 Å². The van der Waals surface area contributed by atoms with Crippen LogP contribution in [-0.2, 0) is 17.8 Å². The number of aryl methyl sites for hydroxylation is 1. The second kappa shape index (κ2) is 9.76. The monoisotopic (exact) mass is 456 g/mol. The number of nitrogens with two attached hydrogens (primary N) is 1. The Morgan fingerprint density at radius 1 is 1.27 bits per heavy atom. The number of anilines is 2. The third kappa shape index (κ3) is 4.69. The van der Waals surface area contributed by atoms with Gasteiger partial charge in [0.2, 0.25) is 5.91 Å². The SMILES string of the molecule is CCCCn1c(N)c(N(C)C(=O)CCc2c(C)c3ccc(OC)cc3oc2=O)c(=O)[nH]c1=O. The number of unbranched alkanes of at least 4 members (excludes halogenated alkanes) is 1. The third-order valence-electron chi connectivity index (χ3n) is 5.74. The maximum absolute atomic E-state index is 12.9. The van der Waals surface area contributed by atoms with Gasteiger partial charge in [-0.1, -0.05) is 13.3 Å². The summed E-state index contributed by atoms with van der Waals surface area (Å²) in [6.45, 7) is 4.09. The summed E-state index contributed by atoms with van der Waals surface area (Å²) < 4.78 is 11.8. The molecule has 1 aromatic carbocycles. The number of fused-ring (bicyclic) bond motifs is 1. The number of aromatic nitrogens is 2. The predicted octanol–water partition coefficient (Wildman–Crippen LogP) is 1.94. The Balaban J connectivity index is 1.87. The van der Waals surface area contributed by atoms with Gasteiger partial charge in [-0.3, -0.25) is 19.1 Å². The smallest absolute Gasteiger partial charge is 0.339 e. The van der Waals surface area contributed by atoms with E-state index in [0.717, 1.165) is 16.7 Å². The van der Waals surface area contributed by atoms with Crippen LogP contribution < -0.4 is 32.2 Å². The quantitative estimate of drug-likeness (QED) is 0.494. The van der Waals surface area contributed by atoms with Crippen LogP contribution in [0.4, 0.5) is 11.5 Å². The number of carbonyl (C=O) groups excluding carboxylic acids is 1. The number of benzene rings is 1. The van der Waals surface area contributed by atoms with E-state index in [1.807, 2.05) is 6.92 Å². The molecule has 3 rings (SSSR count). The van der Waals surface area contributed by atoms with E-state index in [1.54, 1.807) is 25.1 Å². The fourth-order valence-electron chi connectivity index (χ4n) is 3.75. The van der Waals surface area contributed by atoms with Crippen molar-refractivity contribution in [2.75, 3.05) is 24.8 Å². The minimum absolute atomic E-state index is 0.0588. The Kier molecular flexibility index (Phi) is 7.05. The highest BCUT2D eigenvalue weighted by molar-refractivity contribution is 5.95. The van der Waals surface area contributed by atoms with Crippen LogP contribution in [0.2, 0.25) is 0 Å². The average Bonchev–Trinajstić information content (AvgIpc) is 2.77. The first kappa shape index (κ1) is 23.8. The molecule has 0 fully saturated rings. The Bertz CT molecular complexity index is 1370. The lowest BCUT2D eigenvalue weighted by Gasteiger charge is -2.20. The first-order valence-corrected chi connectivity index (χ1v) is 10.7. The van der Waals surface area contributed by atoms with Gasteiger partial charge in [0.25, 0.3) is 5.56 Å². The van der Waals surface area contributed by atoms with Gasteiger partial charge in [-0.2, -0.15) is 0 Å².